The van der Waals surface area contributed by atoms with Crippen molar-refractivity contribution in [2.24, 2.45) is 0 Å². The minimum atomic E-state index is -0.533. The van der Waals surface area contributed by atoms with Crippen LogP contribution in [0.1, 0.15) is 15.9 Å². The summed E-state index contributed by atoms with van der Waals surface area (Å²) in [5.41, 5.74) is 1.87. The first-order chi connectivity index (χ1) is 15.9. The molecule has 0 saturated heterocycles. The summed E-state index contributed by atoms with van der Waals surface area (Å²) in [6.07, 6.45) is 0.533. The summed E-state index contributed by atoms with van der Waals surface area (Å²) in [4.78, 5) is 38.7. The Hall–Kier alpha value is -3.42. The second-order valence-electron chi connectivity index (χ2n) is 7.23. The highest BCUT2D eigenvalue weighted by Gasteiger charge is 2.37. The van der Waals surface area contributed by atoms with Gasteiger partial charge in [-0.05, 0) is 60.5 Å². The Bertz CT molecular complexity index is 1230. The lowest BCUT2D eigenvalue weighted by Crippen LogP contribution is -2.34. The minimum absolute atomic E-state index is 0.0138. The number of carbonyl (C=O) groups is 3. The topological polar surface area (TPSA) is 75.7 Å². The van der Waals surface area contributed by atoms with Crippen LogP contribution in [-0.2, 0) is 16.0 Å². The van der Waals surface area contributed by atoms with Crippen LogP contribution in [0.5, 0.6) is 5.75 Å². The molecule has 0 saturated carbocycles. The largest absolute Gasteiger partial charge is 0.423 e. The van der Waals surface area contributed by atoms with Crippen molar-refractivity contribution in [3.8, 4) is 5.75 Å². The number of rotatable bonds is 7. The van der Waals surface area contributed by atoms with Crippen molar-refractivity contribution < 1.29 is 19.1 Å². The van der Waals surface area contributed by atoms with Crippen LogP contribution in [0.3, 0.4) is 0 Å². The lowest BCUT2D eigenvalue weighted by molar-refractivity contribution is -0.137. The van der Waals surface area contributed by atoms with E-state index in [1.54, 1.807) is 48.5 Å². The first kappa shape index (κ1) is 22.8. The molecule has 33 heavy (non-hydrogen) atoms. The molecule has 0 spiro atoms. The van der Waals surface area contributed by atoms with Gasteiger partial charge in [0.25, 0.3) is 11.8 Å². The van der Waals surface area contributed by atoms with E-state index in [9.17, 15) is 14.4 Å². The zero-order valence-electron chi connectivity index (χ0n) is 17.3. The number of hydrogen-bond acceptors (Lipinski definition) is 5. The number of imide groups is 1. The molecule has 0 aliphatic carbocycles. The molecular weight excluding hydrogens is 508 g/mol. The van der Waals surface area contributed by atoms with Crippen molar-refractivity contribution in [3.63, 3.8) is 0 Å². The zero-order chi connectivity index (χ0) is 23.4. The number of ether oxygens (including phenoxy) is 1. The molecule has 0 fully saturated rings. The Balaban J connectivity index is 1.39. The second kappa shape index (κ2) is 10.0. The molecule has 1 N–H and O–H groups in total. The van der Waals surface area contributed by atoms with Crippen molar-refractivity contribution in [2.45, 2.75) is 6.42 Å². The fraction of sp³-hybridized carbons (Fsp3) is 0.0800. The van der Waals surface area contributed by atoms with Gasteiger partial charge in [0.1, 0.15) is 16.5 Å². The van der Waals surface area contributed by atoms with E-state index in [1.807, 2.05) is 30.3 Å². The number of esters is 1. The molecule has 1 heterocycles. The quantitative estimate of drug-likeness (QED) is 0.263. The van der Waals surface area contributed by atoms with Crippen LogP contribution in [0.15, 0.2) is 94.1 Å². The molecule has 1 aliphatic rings. The smallest absolute Gasteiger partial charge is 0.343 e. The fourth-order valence-corrected chi connectivity index (χ4v) is 3.74. The number of anilines is 1. The van der Waals surface area contributed by atoms with Gasteiger partial charge < -0.3 is 10.1 Å². The molecule has 0 radical (unpaired) electrons. The average Bonchev–Trinajstić information content (AvgIpc) is 3.03. The number of amides is 2. The standard InChI is InChI=1S/C25H18BrClN2O4/c26-18-8-12-20(13-9-18)33-25(32)17-6-10-19(11-7-17)28-22-21(27)23(30)29(24(22)31)15-14-16-4-2-1-3-5-16/h1-13,28H,14-15H2. The van der Waals surface area contributed by atoms with E-state index >= 15 is 0 Å². The summed E-state index contributed by atoms with van der Waals surface area (Å²) >= 11 is 9.49. The third-order valence-electron chi connectivity index (χ3n) is 4.99. The average molecular weight is 526 g/mol. The summed E-state index contributed by atoms with van der Waals surface area (Å²) in [7, 11) is 0. The molecule has 8 heteroatoms. The monoisotopic (exact) mass is 524 g/mol. The molecule has 0 aromatic heterocycles. The van der Waals surface area contributed by atoms with Gasteiger partial charge in [0.05, 0.1) is 5.56 Å². The Kier molecular flexibility index (Phi) is 6.91. The molecular formula is C25H18BrClN2O4. The Morgan fingerprint density at radius 1 is 0.909 bits per heavy atom. The molecule has 3 aromatic carbocycles. The maximum Gasteiger partial charge on any atom is 0.343 e. The first-order valence-corrected chi connectivity index (χ1v) is 11.2. The lowest BCUT2D eigenvalue weighted by Gasteiger charge is -2.15. The number of carbonyl (C=O) groups excluding carboxylic acids is 3. The highest BCUT2D eigenvalue weighted by Crippen LogP contribution is 2.26. The Morgan fingerprint density at radius 2 is 1.58 bits per heavy atom. The number of halogens is 2. The first-order valence-electron chi connectivity index (χ1n) is 10.1. The molecule has 1 aliphatic heterocycles. The van der Waals surface area contributed by atoms with Crippen molar-refractivity contribution in [1.82, 2.24) is 4.90 Å². The van der Waals surface area contributed by atoms with Crippen LogP contribution in [0, 0.1) is 0 Å². The van der Waals surface area contributed by atoms with Gasteiger partial charge in [-0.1, -0.05) is 57.9 Å². The summed E-state index contributed by atoms with van der Waals surface area (Å²) in [5.74, 6) is -1.11. The number of hydrogen-bond donors (Lipinski definition) is 1. The van der Waals surface area contributed by atoms with E-state index in [1.165, 1.54) is 0 Å². The van der Waals surface area contributed by atoms with Gasteiger partial charge in [-0.15, -0.1) is 0 Å². The highest BCUT2D eigenvalue weighted by atomic mass is 79.9. The van der Waals surface area contributed by atoms with Crippen LogP contribution in [0.25, 0.3) is 0 Å². The van der Waals surface area contributed by atoms with Crippen LogP contribution < -0.4 is 10.1 Å². The van der Waals surface area contributed by atoms with Gasteiger partial charge >= 0.3 is 5.97 Å². The fourth-order valence-electron chi connectivity index (χ4n) is 3.25. The predicted molar refractivity (Wildman–Crippen MR) is 129 cm³/mol. The summed E-state index contributed by atoms with van der Waals surface area (Å²) in [6, 6.07) is 22.8. The molecule has 0 unspecified atom stereocenters. The van der Waals surface area contributed by atoms with Gasteiger partial charge in [0.2, 0.25) is 0 Å². The molecule has 0 atom stereocenters. The Morgan fingerprint density at radius 3 is 2.24 bits per heavy atom. The third kappa shape index (κ3) is 5.32. The molecule has 3 aromatic rings. The Labute approximate surface area is 203 Å². The predicted octanol–water partition coefficient (Wildman–Crippen LogP) is 5.14. The summed E-state index contributed by atoms with van der Waals surface area (Å²) < 4.78 is 6.22. The molecule has 4 rings (SSSR count). The number of nitrogens with zero attached hydrogens (tertiary/aromatic N) is 1. The van der Waals surface area contributed by atoms with E-state index in [4.69, 9.17) is 16.3 Å². The van der Waals surface area contributed by atoms with Gasteiger partial charge in [-0.2, -0.15) is 0 Å². The molecule has 166 valence electrons. The molecule has 2 amide bonds. The maximum atomic E-state index is 12.8. The van der Waals surface area contributed by atoms with Crippen molar-refractivity contribution in [2.75, 3.05) is 11.9 Å². The number of benzene rings is 3. The van der Waals surface area contributed by atoms with Gasteiger partial charge in [0, 0.05) is 16.7 Å². The molecule has 6 nitrogen and oxygen atoms in total. The van der Waals surface area contributed by atoms with Crippen LogP contribution >= 0.6 is 27.5 Å². The summed E-state index contributed by atoms with van der Waals surface area (Å²) in [6.45, 7) is 0.226. The SMILES string of the molecule is O=C(Oc1ccc(Br)cc1)c1ccc(NC2=C(Cl)C(=O)N(CCc3ccccc3)C2=O)cc1. The van der Waals surface area contributed by atoms with E-state index in [-0.39, 0.29) is 17.3 Å². The normalized spacial score (nSPS) is 13.5. The van der Waals surface area contributed by atoms with Gasteiger partial charge in [-0.25, -0.2) is 4.79 Å². The van der Waals surface area contributed by atoms with Crippen LogP contribution in [0.4, 0.5) is 5.69 Å². The van der Waals surface area contributed by atoms with E-state index in [0.717, 1.165) is 14.9 Å². The van der Waals surface area contributed by atoms with Gasteiger partial charge in [0.15, 0.2) is 0 Å². The highest BCUT2D eigenvalue weighted by molar-refractivity contribution is 9.10. The maximum absolute atomic E-state index is 12.8. The van der Waals surface area contributed by atoms with Crippen molar-refractivity contribution >= 4 is 51.0 Å². The number of nitrogens with one attached hydrogen (secondary N) is 1. The second-order valence-corrected chi connectivity index (χ2v) is 8.53. The lowest BCUT2D eigenvalue weighted by atomic mass is 10.1. The summed E-state index contributed by atoms with van der Waals surface area (Å²) in [5, 5.41) is 2.74. The van der Waals surface area contributed by atoms with E-state index in [2.05, 4.69) is 21.2 Å². The van der Waals surface area contributed by atoms with Crippen molar-refractivity contribution in [3.05, 3.63) is 105 Å². The molecule has 0 bridgehead atoms. The zero-order valence-corrected chi connectivity index (χ0v) is 19.6. The van der Waals surface area contributed by atoms with E-state index in [0.29, 0.717) is 23.4 Å². The van der Waals surface area contributed by atoms with Crippen LogP contribution in [-0.4, -0.2) is 29.2 Å². The minimum Gasteiger partial charge on any atom is -0.423 e. The van der Waals surface area contributed by atoms with Crippen molar-refractivity contribution in [1.29, 1.82) is 0 Å². The van der Waals surface area contributed by atoms with E-state index < -0.39 is 17.8 Å². The third-order valence-corrected chi connectivity index (χ3v) is 5.87. The van der Waals surface area contributed by atoms with Gasteiger partial charge in [-0.3, -0.25) is 14.5 Å². The van der Waals surface area contributed by atoms with Crippen LogP contribution in [0.2, 0.25) is 0 Å².